The Bertz CT molecular complexity index is 476. The molecule has 1 aliphatic rings. The molecule has 0 spiro atoms. The van der Waals surface area contributed by atoms with Crippen LogP contribution < -0.4 is 15.4 Å². The van der Waals surface area contributed by atoms with Gasteiger partial charge in [-0.05, 0) is 37.5 Å². The van der Waals surface area contributed by atoms with E-state index in [-0.39, 0.29) is 6.04 Å². The fourth-order valence-electron chi connectivity index (χ4n) is 2.35. The Hall–Kier alpha value is -1.75. The topological polar surface area (TPSA) is 70.6 Å². The van der Waals surface area contributed by atoms with Crippen LogP contribution in [0.4, 0.5) is 5.69 Å². The lowest BCUT2D eigenvalue weighted by molar-refractivity contribution is -0.139. The molecule has 0 fully saturated rings. The number of aliphatic carboxylic acids is 1. The molecule has 0 aromatic heterocycles. The number of hydrogen-bond donors (Lipinski definition) is 3. The van der Waals surface area contributed by atoms with E-state index in [4.69, 9.17) is 9.84 Å². The van der Waals surface area contributed by atoms with Gasteiger partial charge in [-0.25, -0.2) is 0 Å². The van der Waals surface area contributed by atoms with Crippen LogP contribution in [0.15, 0.2) is 18.2 Å². The summed E-state index contributed by atoms with van der Waals surface area (Å²) >= 11 is 0. The predicted molar refractivity (Wildman–Crippen MR) is 78.4 cm³/mol. The summed E-state index contributed by atoms with van der Waals surface area (Å²) < 4.78 is 5.55. The van der Waals surface area contributed by atoms with Crippen molar-refractivity contribution in [2.45, 2.75) is 38.8 Å². The molecule has 110 valence electrons. The highest BCUT2D eigenvalue weighted by molar-refractivity contribution is 5.72. The number of fused-ring (bicyclic) bond motifs is 1. The standard InChI is InChI=1S/C15H22N2O3/c1-3-12(17-10(2)15(18)19)8-11-4-5-14-13(9-11)16-6-7-20-14/h4-5,9-10,12,16-17H,3,6-8H2,1-2H3,(H,18,19). The van der Waals surface area contributed by atoms with E-state index in [0.29, 0.717) is 6.61 Å². The Labute approximate surface area is 119 Å². The largest absolute Gasteiger partial charge is 0.490 e. The highest BCUT2D eigenvalue weighted by Gasteiger charge is 2.17. The number of benzene rings is 1. The van der Waals surface area contributed by atoms with E-state index in [0.717, 1.165) is 30.8 Å². The van der Waals surface area contributed by atoms with Crippen molar-refractivity contribution in [3.05, 3.63) is 23.8 Å². The Balaban J connectivity index is 2.02. The molecule has 2 rings (SSSR count). The van der Waals surface area contributed by atoms with Gasteiger partial charge < -0.3 is 20.5 Å². The maximum absolute atomic E-state index is 10.9. The van der Waals surface area contributed by atoms with Crippen molar-refractivity contribution in [2.75, 3.05) is 18.5 Å². The Kier molecular flexibility index (Phi) is 4.84. The first-order valence-electron chi connectivity index (χ1n) is 7.08. The average Bonchev–Trinajstić information content (AvgIpc) is 2.46. The van der Waals surface area contributed by atoms with E-state index in [1.807, 2.05) is 12.1 Å². The summed E-state index contributed by atoms with van der Waals surface area (Å²) in [6.45, 7) is 5.25. The van der Waals surface area contributed by atoms with Gasteiger partial charge in [0.05, 0.1) is 5.69 Å². The van der Waals surface area contributed by atoms with Gasteiger partial charge in [0, 0.05) is 12.6 Å². The number of carbonyl (C=O) groups is 1. The van der Waals surface area contributed by atoms with Crippen molar-refractivity contribution in [1.29, 1.82) is 0 Å². The van der Waals surface area contributed by atoms with Crippen molar-refractivity contribution in [1.82, 2.24) is 5.32 Å². The van der Waals surface area contributed by atoms with Gasteiger partial charge in [0.1, 0.15) is 18.4 Å². The van der Waals surface area contributed by atoms with Crippen molar-refractivity contribution < 1.29 is 14.6 Å². The lowest BCUT2D eigenvalue weighted by atomic mass is 10.0. The molecule has 0 bridgehead atoms. The Morgan fingerprint density at radius 3 is 3.05 bits per heavy atom. The first kappa shape index (κ1) is 14.7. The lowest BCUT2D eigenvalue weighted by Crippen LogP contribution is -2.42. The molecule has 0 amide bonds. The molecule has 5 nitrogen and oxygen atoms in total. The summed E-state index contributed by atoms with van der Waals surface area (Å²) in [5, 5.41) is 15.4. The summed E-state index contributed by atoms with van der Waals surface area (Å²) in [6, 6.07) is 5.73. The molecule has 5 heteroatoms. The van der Waals surface area contributed by atoms with Crippen LogP contribution in [-0.2, 0) is 11.2 Å². The SMILES string of the molecule is CCC(Cc1ccc2c(c1)NCCO2)NC(C)C(=O)O. The lowest BCUT2D eigenvalue weighted by Gasteiger charge is -2.22. The minimum atomic E-state index is -0.816. The van der Waals surface area contributed by atoms with Crippen molar-refractivity contribution in [3.8, 4) is 5.75 Å². The van der Waals surface area contributed by atoms with Gasteiger partial charge in [0.25, 0.3) is 0 Å². The third-order valence-electron chi connectivity index (χ3n) is 3.55. The van der Waals surface area contributed by atoms with Crippen LogP contribution in [0.1, 0.15) is 25.8 Å². The Morgan fingerprint density at radius 2 is 2.35 bits per heavy atom. The summed E-state index contributed by atoms with van der Waals surface area (Å²) in [5.41, 5.74) is 2.20. The van der Waals surface area contributed by atoms with E-state index < -0.39 is 12.0 Å². The number of nitrogens with one attached hydrogen (secondary N) is 2. The van der Waals surface area contributed by atoms with Crippen LogP contribution >= 0.6 is 0 Å². The van der Waals surface area contributed by atoms with Crippen molar-refractivity contribution >= 4 is 11.7 Å². The second-order valence-corrected chi connectivity index (χ2v) is 5.14. The average molecular weight is 278 g/mol. The number of rotatable bonds is 6. The van der Waals surface area contributed by atoms with Gasteiger partial charge in [-0.15, -0.1) is 0 Å². The van der Waals surface area contributed by atoms with E-state index in [2.05, 4.69) is 23.6 Å². The summed E-state index contributed by atoms with van der Waals surface area (Å²) in [5.74, 6) is 0.0730. The third kappa shape index (κ3) is 3.63. The van der Waals surface area contributed by atoms with E-state index in [1.54, 1.807) is 6.92 Å². The second kappa shape index (κ2) is 6.61. The molecule has 1 heterocycles. The second-order valence-electron chi connectivity index (χ2n) is 5.14. The van der Waals surface area contributed by atoms with Gasteiger partial charge in [0.15, 0.2) is 0 Å². The highest BCUT2D eigenvalue weighted by atomic mass is 16.5. The van der Waals surface area contributed by atoms with Crippen molar-refractivity contribution in [2.24, 2.45) is 0 Å². The van der Waals surface area contributed by atoms with Crippen LogP contribution in [0, 0.1) is 0 Å². The van der Waals surface area contributed by atoms with Crippen LogP contribution in [-0.4, -0.2) is 36.3 Å². The zero-order chi connectivity index (χ0) is 14.5. The van der Waals surface area contributed by atoms with Crippen molar-refractivity contribution in [3.63, 3.8) is 0 Å². The van der Waals surface area contributed by atoms with E-state index in [1.165, 1.54) is 5.56 Å². The smallest absolute Gasteiger partial charge is 0.320 e. The first-order valence-corrected chi connectivity index (χ1v) is 7.08. The normalized spacial score (nSPS) is 16.5. The maximum Gasteiger partial charge on any atom is 0.320 e. The molecule has 3 N–H and O–H groups in total. The molecule has 0 aliphatic carbocycles. The van der Waals surface area contributed by atoms with Crippen LogP contribution in [0.25, 0.3) is 0 Å². The van der Waals surface area contributed by atoms with Crippen LogP contribution in [0.2, 0.25) is 0 Å². The highest BCUT2D eigenvalue weighted by Crippen LogP contribution is 2.28. The quantitative estimate of drug-likeness (QED) is 0.741. The molecule has 0 saturated heterocycles. The monoisotopic (exact) mass is 278 g/mol. The third-order valence-corrected chi connectivity index (χ3v) is 3.55. The van der Waals surface area contributed by atoms with E-state index in [9.17, 15) is 4.79 Å². The molecule has 0 saturated carbocycles. The number of carboxylic acids is 1. The maximum atomic E-state index is 10.9. The molecule has 1 aliphatic heterocycles. The molecular formula is C15H22N2O3. The van der Waals surface area contributed by atoms with Crippen LogP contribution in [0.5, 0.6) is 5.75 Å². The minimum Gasteiger partial charge on any atom is -0.490 e. The van der Waals surface area contributed by atoms with Gasteiger partial charge in [0.2, 0.25) is 0 Å². The molecule has 0 radical (unpaired) electrons. The minimum absolute atomic E-state index is 0.156. The molecule has 2 atom stereocenters. The molecule has 1 aromatic carbocycles. The van der Waals surface area contributed by atoms with Gasteiger partial charge in [-0.2, -0.15) is 0 Å². The fraction of sp³-hybridized carbons (Fsp3) is 0.533. The van der Waals surface area contributed by atoms with Crippen LogP contribution in [0.3, 0.4) is 0 Å². The van der Waals surface area contributed by atoms with Gasteiger partial charge >= 0.3 is 5.97 Å². The number of carboxylic acid groups (broad SMARTS) is 1. The summed E-state index contributed by atoms with van der Waals surface area (Å²) in [6.07, 6.45) is 1.70. The number of anilines is 1. The fourth-order valence-corrected chi connectivity index (χ4v) is 2.35. The zero-order valence-electron chi connectivity index (χ0n) is 12.0. The molecular weight excluding hydrogens is 256 g/mol. The predicted octanol–water partition coefficient (Wildman–Crippen LogP) is 1.87. The first-order chi connectivity index (χ1) is 9.60. The van der Waals surface area contributed by atoms with Gasteiger partial charge in [-0.3, -0.25) is 4.79 Å². The zero-order valence-corrected chi connectivity index (χ0v) is 12.0. The summed E-state index contributed by atoms with van der Waals surface area (Å²) in [7, 11) is 0. The molecule has 20 heavy (non-hydrogen) atoms. The number of ether oxygens (including phenoxy) is 1. The molecule has 2 unspecified atom stereocenters. The van der Waals surface area contributed by atoms with E-state index >= 15 is 0 Å². The molecule has 1 aromatic rings. The summed E-state index contributed by atoms with van der Waals surface area (Å²) in [4.78, 5) is 10.9. The number of hydrogen-bond acceptors (Lipinski definition) is 4. The Morgan fingerprint density at radius 1 is 1.55 bits per heavy atom. The van der Waals surface area contributed by atoms with Gasteiger partial charge in [-0.1, -0.05) is 13.0 Å².